The van der Waals surface area contributed by atoms with E-state index in [9.17, 15) is 24.8 Å². The van der Waals surface area contributed by atoms with E-state index in [0.29, 0.717) is 23.6 Å². The minimum Gasteiger partial charge on any atom is -0.507 e. The van der Waals surface area contributed by atoms with Crippen LogP contribution in [0.25, 0.3) is 5.76 Å². The number of anilines is 1. The fraction of sp³-hybridized carbons (Fsp3) is 0.214. The number of nitro groups is 1. The van der Waals surface area contributed by atoms with Gasteiger partial charge in [0.15, 0.2) is 0 Å². The first-order chi connectivity index (χ1) is 17.2. The van der Waals surface area contributed by atoms with Gasteiger partial charge in [0.2, 0.25) is 0 Å². The number of non-ortho nitro benzene ring substituents is 1. The summed E-state index contributed by atoms with van der Waals surface area (Å²) in [5.41, 5.74) is 1.87. The van der Waals surface area contributed by atoms with Crippen molar-refractivity contribution in [3.8, 4) is 5.75 Å². The molecule has 1 N–H and O–H groups in total. The van der Waals surface area contributed by atoms with Gasteiger partial charge in [-0.3, -0.25) is 24.6 Å². The number of aliphatic hydroxyl groups is 1. The highest BCUT2D eigenvalue weighted by atomic mass is 16.6. The smallest absolute Gasteiger partial charge is 0.300 e. The van der Waals surface area contributed by atoms with Gasteiger partial charge >= 0.3 is 0 Å². The monoisotopic (exact) mass is 486 g/mol. The van der Waals surface area contributed by atoms with Crippen LogP contribution in [0.15, 0.2) is 78.4 Å². The lowest BCUT2D eigenvalue weighted by atomic mass is 9.93. The minimum atomic E-state index is -0.927. The molecular weight excluding hydrogens is 460 g/mol. The van der Waals surface area contributed by atoms with Crippen LogP contribution in [0.2, 0.25) is 0 Å². The Morgan fingerprint density at radius 3 is 2.31 bits per heavy atom. The molecule has 36 heavy (non-hydrogen) atoms. The molecule has 0 aliphatic carbocycles. The van der Waals surface area contributed by atoms with Crippen molar-refractivity contribution in [2.45, 2.75) is 32.7 Å². The summed E-state index contributed by atoms with van der Waals surface area (Å²) in [6, 6.07) is 18.7. The third-order valence-corrected chi connectivity index (χ3v) is 6.12. The number of Topliss-reactive ketones (excluding diaryl/α,β-unsaturated/α-hetero) is 1. The summed E-state index contributed by atoms with van der Waals surface area (Å²) in [4.78, 5) is 38.6. The number of aliphatic hydroxyl groups excluding tert-OH is 1. The molecule has 3 aromatic rings. The number of nitrogens with zero attached hydrogens (tertiary/aromatic N) is 2. The fourth-order valence-corrected chi connectivity index (χ4v) is 4.27. The summed E-state index contributed by atoms with van der Waals surface area (Å²) < 4.78 is 5.49. The quantitative estimate of drug-likeness (QED) is 0.150. The molecule has 1 heterocycles. The number of ether oxygens (including phenoxy) is 1. The van der Waals surface area contributed by atoms with Crippen LogP contribution in [-0.2, 0) is 9.59 Å². The summed E-state index contributed by atoms with van der Waals surface area (Å²) in [7, 11) is 0. The summed E-state index contributed by atoms with van der Waals surface area (Å²) in [6.07, 6.45) is 0. The molecule has 0 saturated carbocycles. The molecule has 1 fully saturated rings. The van der Waals surface area contributed by atoms with Crippen LogP contribution in [0.4, 0.5) is 11.4 Å². The number of benzene rings is 3. The molecule has 1 saturated heterocycles. The number of carbonyl (C=O) groups is 2. The number of rotatable bonds is 7. The van der Waals surface area contributed by atoms with Gasteiger partial charge in [0.1, 0.15) is 11.5 Å². The summed E-state index contributed by atoms with van der Waals surface area (Å²) in [6.45, 7) is 6.46. The Bertz CT molecular complexity index is 1340. The molecule has 4 rings (SSSR count). The van der Waals surface area contributed by atoms with Gasteiger partial charge in [-0.15, -0.1) is 0 Å². The average Bonchev–Trinajstić information content (AvgIpc) is 3.14. The first-order valence-corrected chi connectivity index (χ1v) is 11.6. The maximum Gasteiger partial charge on any atom is 0.300 e. The van der Waals surface area contributed by atoms with E-state index >= 15 is 0 Å². The van der Waals surface area contributed by atoms with E-state index in [0.717, 1.165) is 5.56 Å². The number of nitro benzene ring substituents is 1. The lowest BCUT2D eigenvalue weighted by molar-refractivity contribution is -0.384. The van der Waals surface area contributed by atoms with Crippen molar-refractivity contribution in [3.63, 3.8) is 0 Å². The standard InChI is InChI=1S/C28H26N2O6/c1-4-36-23-14-12-21(13-15-23)29-25(19-10-8-18(9-11-19)17(2)3)24(27(32)28(29)33)26(31)20-6-5-7-22(16-20)30(34)35/h5-17,25,31H,4H2,1-3H3/b26-24-. The molecule has 8 heteroatoms. The van der Waals surface area contributed by atoms with E-state index in [1.165, 1.54) is 29.2 Å². The molecule has 8 nitrogen and oxygen atoms in total. The molecule has 1 atom stereocenters. The van der Waals surface area contributed by atoms with Crippen molar-refractivity contribution in [1.82, 2.24) is 0 Å². The maximum absolute atomic E-state index is 13.3. The third kappa shape index (κ3) is 4.57. The Morgan fingerprint density at radius 2 is 1.72 bits per heavy atom. The summed E-state index contributed by atoms with van der Waals surface area (Å²) >= 11 is 0. The van der Waals surface area contributed by atoms with Gasteiger partial charge in [0, 0.05) is 23.4 Å². The Hall–Kier alpha value is -4.46. The fourth-order valence-electron chi connectivity index (χ4n) is 4.27. The molecule has 1 amide bonds. The van der Waals surface area contributed by atoms with Crippen LogP contribution >= 0.6 is 0 Å². The SMILES string of the molecule is CCOc1ccc(N2C(=O)C(=O)/C(=C(\O)c3cccc([N+](=O)[O-])c3)C2c2ccc(C(C)C)cc2)cc1. The minimum absolute atomic E-state index is 0.0812. The topological polar surface area (TPSA) is 110 Å². The van der Waals surface area contributed by atoms with E-state index in [1.54, 1.807) is 24.3 Å². The van der Waals surface area contributed by atoms with Crippen LogP contribution in [0, 0.1) is 10.1 Å². The second kappa shape index (κ2) is 10.0. The van der Waals surface area contributed by atoms with Gasteiger partial charge in [0.05, 0.1) is 23.1 Å². The Kier molecular flexibility index (Phi) is 6.87. The normalized spacial score (nSPS) is 17.0. The number of amides is 1. The molecular formula is C28H26N2O6. The van der Waals surface area contributed by atoms with Crippen LogP contribution in [-0.4, -0.2) is 28.3 Å². The van der Waals surface area contributed by atoms with E-state index in [1.807, 2.05) is 31.2 Å². The van der Waals surface area contributed by atoms with Gasteiger partial charge < -0.3 is 9.84 Å². The molecule has 1 aliphatic rings. The Balaban J connectivity index is 1.90. The van der Waals surface area contributed by atoms with Gasteiger partial charge in [-0.1, -0.05) is 50.2 Å². The van der Waals surface area contributed by atoms with Crippen molar-refractivity contribution in [2.24, 2.45) is 0 Å². The molecule has 0 aromatic heterocycles. The number of hydrogen-bond acceptors (Lipinski definition) is 6. The molecule has 0 bridgehead atoms. The number of ketones is 1. The van der Waals surface area contributed by atoms with Gasteiger partial charge in [-0.25, -0.2) is 0 Å². The Labute approximate surface area is 208 Å². The van der Waals surface area contributed by atoms with Crippen LogP contribution < -0.4 is 9.64 Å². The van der Waals surface area contributed by atoms with Crippen LogP contribution in [0.5, 0.6) is 5.75 Å². The second-order valence-electron chi connectivity index (χ2n) is 8.72. The van der Waals surface area contributed by atoms with E-state index in [-0.39, 0.29) is 22.7 Å². The highest BCUT2D eigenvalue weighted by Crippen LogP contribution is 2.43. The van der Waals surface area contributed by atoms with Crippen LogP contribution in [0.3, 0.4) is 0 Å². The van der Waals surface area contributed by atoms with Crippen molar-refractivity contribution < 1.29 is 24.4 Å². The Morgan fingerprint density at radius 1 is 1.06 bits per heavy atom. The van der Waals surface area contributed by atoms with E-state index in [4.69, 9.17) is 4.74 Å². The first kappa shape index (κ1) is 24.7. The van der Waals surface area contributed by atoms with Crippen molar-refractivity contribution in [2.75, 3.05) is 11.5 Å². The van der Waals surface area contributed by atoms with Crippen molar-refractivity contribution in [1.29, 1.82) is 0 Å². The molecule has 1 unspecified atom stereocenters. The summed E-state index contributed by atoms with van der Waals surface area (Å²) in [5, 5.41) is 22.5. The zero-order valence-corrected chi connectivity index (χ0v) is 20.2. The lowest BCUT2D eigenvalue weighted by Crippen LogP contribution is -2.29. The predicted molar refractivity (Wildman–Crippen MR) is 136 cm³/mol. The number of carbonyl (C=O) groups excluding carboxylic acids is 2. The molecule has 3 aromatic carbocycles. The highest BCUT2D eigenvalue weighted by molar-refractivity contribution is 6.51. The molecule has 0 spiro atoms. The van der Waals surface area contributed by atoms with Gasteiger partial charge in [-0.05, 0) is 48.2 Å². The maximum atomic E-state index is 13.3. The zero-order chi connectivity index (χ0) is 26.0. The zero-order valence-electron chi connectivity index (χ0n) is 20.2. The summed E-state index contributed by atoms with van der Waals surface area (Å²) in [5.74, 6) is -1.24. The lowest BCUT2D eigenvalue weighted by Gasteiger charge is -2.26. The van der Waals surface area contributed by atoms with Gasteiger partial charge in [0.25, 0.3) is 17.4 Å². The third-order valence-electron chi connectivity index (χ3n) is 6.12. The molecule has 184 valence electrons. The second-order valence-corrected chi connectivity index (χ2v) is 8.72. The average molecular weight is 487 g/mol. The predicted octanol–water partition coefficient (Wildman–Crippen LogP) is 5.74. The van der Waals surface area contributed by atoms with Crippen molar-refractivity contribution >= 4 is 28.8 Å². The van der Waals surface area contributed by atoms with E-state index in [2.05, 4.69) is 13.8 Å². The largest absolute Gasteiger partial charge is 0.507 e. The van der Waals surface area contributed by atoms with Crippen LogP contribution in [0.1, 0.15) is 49.4 Å². The van der Waals surface area contributed by atoms with Crippen molar-refractivity contribution in [3.05, 3.63) is 105 Å². The van der Waals surface area contributed by atoms with E-state index < -0.39 is 28.4 Å². The molecule has 1 aliphatic heterocycles. The number of hydrogen-bond donors (Lipinski definition) is 1. The van der Waals surface area contributed by atoms with Gasteiger partial charge in [-0.2, -0.15) is 0 Å². The first-order valence-electron chi connectivity index (χ1n) is 11.6. The molecule has 0 radical (unpaired) electrons. The highest BCUT2D eigenvalue weighted by Gasteiger charge is 2.47.